The number of nitrogens with one attached hydrogen (secondary N) is 2. The Morgan fingerprint density at radius 1 is 1.13 bits per heavy atom. The van der Waals surface area contributed by atoms with Crippen LogP contribution in [0.3, 0.4) is 0 Å². The monoisotopic (exact) mass is 406 g/mol. The number of urea groups is 1. The van der Waals surface area contributed by atoms with Gasteiger partial charge in [-0.05, 0) is 31.0 Å². The first-order valence-electron chi connectivity index (χ1n) is 9.78. The zero-order valence-electron chi connectivity index (χ0n) is 16.5. The number of amides is 4. The lowest BCUT2D eigenvalue weighted by Gasteiger charge is -2.15. The number of hydrogen-bond acceptors (Lipinski definition) is 5. The number of carbonyl (C=O) groups excluding carboxylic acids is 3. The van der Waals surface area contributed by atoms with E-state index in [1.165, 1.54) is 4.90 Å². The molecule has 1 fully saturated rings. The third kappa shape index (κ3) is 4.00. The van der Waals surface area contributed by atoms with Crippen LogP contribution in [0.4, 0.5) is 4.79 Å². The van der Waals surface area contributed by atoms with E-state index in [9.17, 15) is 14.4 Å². The number of fused-ring (bicyclic) bond motifs is 1. The van der Waals surface area contributed by atoms with Crippen molar-refractivity contribution in [2.24, 2.45) is 0 Å². The fourth-order valence-corrected chi connectivity index (χ4v) is 3.52. The molecule has 30 heavy (non-hydrogen) atoms. The number of hydrogen-bond donors (Lipinski definition) is 2. The molecule has 0 saturated carbocycles. The zero-order valence-corrected chi connectivity index (χ0v) is 16.5. The second kappa shape index (κ2) is 8.32. The van der Waals surface area contributed by atoms with Crippen molar-refractivity contribution in [3.63, 3.8) is 0 Å². The van der Waals surface area contributed by atoms with Gasteiger partial charge in [0.15, 0.2) is 11.5 Å². The van der Waals surface area contributed by atoms with Crippen LogP contribution in [-0.2, 0) is 16.0 Å². The van der Waals surface area contributed by atoms with Crippen molar-refractivity contribution in [3.05, 3.63) is 66.1 Å². The first-order chi connectivity index (χ1) is 14.5. The smallest absolute Gasteiger partial charge is 0.324 e. The highest BCUT2D eigenvalue weighted by atomic mass is 16.2. The Morgan fingerprint density at radius 3 is 2.70 bits per heavy atom. The summed E-state index contributed by atoms with van der Waals surface area (Å²) in [4.78, 5) is 38.4. The topological polar surface area (TPSA) is 109 Å². The summed E-state index contributed by atoms with van der Waals surface area (Å²) in [5, 5.41) is 13.6. The lowest BCUT2D eigenvalue weighted by atomic mass is 10.1. The standard InChI is InChI=1S/C21H22N6O3/c1-14(19-25-24-17-9-5-6-11-26(17)19)22-18(28)13-16-20(29)27(21(30)23-16)12-10-15-7-3-2-4-8-15/h2-9,11,14,16H,10,12-13H2,1H3,(H,22,28)(H,23,30)/t14-,16-/m1/s1. The van der Waals surface area contributed by atoms with Crippen LogP contribution in [0.2, 0.25) is 0 Å². The predicted octanol–water partition coefficient (Wildman–Crippen LogP) is 1.46. The summed E-state index contributed by atoms with van der Waals surface area (Å²) in [5.41, 5.74) is 1.72. The van der Waals surface area contributed by atoms with E-state index in [1.807, 2.05) is 54.7 Å². The summed E-state index contributed by atoms with van der Waals surface area (Å²) in [7, 11) is 0. The molecule has 0 aliphatic carbocycles. The minimum atomic E-state index is -0.865. The molecule has 0 radical (unpaired) electrons. The predicted molar refractivity (Wildman–Crippen MR) is 108 cm³/mol. The molecular weight excluding hydrogens is 384 g/mol. The number of aromatic nitrogens is 3. The summed E-state index contributed by atoms with van der Waals surface area (Å²) < 4.78 is 1.79. The van der Waals surface area contributed by atoms with Crippen LogP contribution in [0.1, 0.15) is 30.8 Å². The Kier molecular flexibility index (Phi) is 5.42. The van der Waals surface area contributed by atoms with Crippen LogP contribution in [-0.4, -0.2) is 49.9 Å². The van der Waals surface area contributed by atoms with Crippen molar-refractivity contribution in [2.75, 3.05) is 6.54 Å². The molecule has 4 amide bonds. The van der Waals surface area contributed by atoms with Gasteiger partial charge in [0.25, 0.3) is 5.91 Å². The number of benzene rings is 1. The average Bonchev–Trinajstić information content (AvgIpc) is 3.28. The molecule has 1 aliphatic rings. The number of imide groups is 1. The zero-order chi connectivity index (χ0) is 21.1. The molecule has 1 aromatic carbocycles. The Labute approximate surface area is 173 Å². The van der Waals surface area contributed by atoms with Crippen LogP contribution >= 0.6 is 0 Å². The summed E-state index contributed by atoms with van der Waals surface area (Å²) in [6.45, 7) is 2.07. The maximum absolute atomic E-state index is 12.6. The van der Waals surface area contributed by atoms with Crippen molar-refractivity contribution in [3.8, 4) is 0 Å². The highest BCUT2D eigenvalue weighted by Gasteiger charge is 2.38. The van der Waals surface area contributed by atoms with E-state index >= 15 is 0 Å². The molecule has 2 N–H and O–H groups in total. The van der Waals surface area contributed by atoms with E-state index in [4.69, 9.17) is 0 Å². The van der Waals surface area contributed by atoms with Gasteiger partial charge in [0.05, 0.1) is 12.5 Å². The molecule has 0 spiro atoms. The van der Waals surface area contributed by atoms with E-state index in [1.54, 1.807) is 11.3 Å². The van der Waals surface area contributed by atoms with E-state index in [-0.39, 0.29) is 24.8 Å². The van der Waals surface area contributed by atoms with E-state index in [0.717, 1.165) is 5.56 Å². The minimum Gasteiger partial charge on any atom is -0.346 e. The summed E-state index contributed by atoms with van der Waals surface area (Å²) in [6.07, 6.45) is 2.25. The van der Waals surface area contributed by atoms with Gasteiger partial charge < -0.3 is 10.6 Å². The van der Waals surface area contributed by atoms with Crippen molar-refractivity contribution in [1.82, 2.24) is 30.1 Å². The van der Waals surface area contributed by atoms with Crippen LogP contribution in [0.25, 0.3) is 5.65 Å². The molecule has 3 aromatic rings. The minimum absolute atomic E-state index is 0.131. The van der Waals surface area contributed by atoms with E-state index < -0.39 is 18.1 Å². The average molecular weight is 406 g/mol. The Morgan fingerprint density at radius 2 is 1.90 bits per heavy atom. The highest BCUT2D eigenvalue weighted by molar-refractivity contribution is 6.05. The van der Waals surface area contributed by atoms with Crippen LogP contribution in [0.5, 0.6) is 0 Å². The Balaban J connectivity index is 1.34. The number of rotatable bonds is 7. The van der Waals surface area contributed by atoms with Crippen LogP contribution in [0.15, 0.2) is 54.7 Å². The van der Waals surface area contributed by atoms with Crippen LogP contribution < -0.4 is 10.6 Å². The van der Waals surface area contributed by atoms with Gasteiger partial charge >= 0.3 is 6.03 Å². The maximum atomic E-state index is 12.6. The normalized spacial score (nSPS) is 17.2. The lowest BCUT2D eigenvalue weighted by molar-refractivity contribution is -0.131. The molecule has 9 nitrogen and oxygen atoms in total. The molecule has 0 unspecified atom stereocenters. The van der Waals surface area contributed by atoms with Crippen LogP contribution in [0, 0.1) is 0 Å². The first-order valence-corrected chi connectivity index (χ1v) is 9.78. The van der Waals surface area contributed by atoms with Crippen molar-refractivity contribution in [2.45, 2.75) is 31.8 Å². The Bertz CT molecular complexity index is 1080. The molecule has 1 aliphatic heterocycles. The van der Waals surface area contributed by atoms with Gasteiger partial charge in [-0.1, -0.05) is 36.4 Å². The van der Waals surface area contributed by atoms with Gasteiger partial charge in [0, 0.05) is 12.7 Å². The van der Waals surface area contributed by atoms with Gasteiger partial charge in [0.1, 0.15) is 6.04 Å². The number of carbonyl (C=O) groups is 3. The van der Waals surface area contributed by atoms with Gasteiger partial charge in [-0.3, -0.25) is 18.9 Å². The fourth-order valence-electron chi connectivity index (χ4n) is 3.52. The molecule has 0 bridgehead atoms. The van der Waals surface area contributed by atoms with Gasteiger partial charge in [-0.25, -0.2) is 4.79 Å². The molecule has 3 heterocycles. The fraction of sp³-hybridized carbons (Fsp3) is 0.286. The first kappa shape index (κ1) is 19.6. The van der Waals surface area contributed by atoms with Crippen molar-refractivity contribution < 1.29 is 14.4 Å². The maximum Gasteiger partial charge on any atom is 0.324 e. The van der Waals surface area contributed by atoms with Crippen molar-refractivity contribution in [1.29, 1.82) is 0 Å². The van der Waals surface area contributed by atoms with E-state index in [0.29, 0.717) is 17.9 Å². The number of pyridine rings is 1. The van der Waals surface area contributed by atoms with Gasteiger partial charge in [0.2, 0.25) is 5.91 Å². The molecule has 9 heteroatoms. The van der Waals surface area contributed by atoms with E-state index in [2.05, 4.69) is 20.8 Å². The molecule has 154 valence electrons. The molecule has 1 saturated heterocycles. The lowest BCUT2D eigenvalue weighted by Crippen LogP contribution is -2.38. The molecule has 2 aromatic heterocycles. The summed E-state index contributed by atoms with van der Waals surface area (Å²) in [5.74, 6) is -0.143. The summed E-state index contributed by atoms with van der Waals surface area (Å²) >= 11 is 0. The highest BCUT2D eigenvalue weighted by Crippen LogP contribution is 2.14. The largest absolute Gasteiger partial charge is 0.346 e. The molecule has 4 rings (SSSR count). The third-order valence-corrected chi connectivity index (χ3v) is 5.07. The number of nitrogens with zero attached hydrogens (tertiary/aromatic N) is 4. The second-order valence-electron chi connectivity index (χ2n) is 7.21. The molecular formula is C21H22N6O3. The molecule has 2 atom stereocenters. The van der Waals surface area contributed by atoms with Gasteiger partial charge in [-0.2, -0.15) is 0 Å². The third-order valence-electron chi connectivity index (χ3n) is 5.07. The quantitative estimate of drug-likeness (QED) is 0.578. The SMILES string of the molecule is C[C@@H](NC(=O)C[C@H]1NC(=O)N(CCc2ccccc2)C1=O)c1nnc2ccccn12. The summed E-state index contributed by atoms with van der Waals surface area (Å²) in [6, 6.07) is 13.4. The van der Waals surface area contributed by atoms with Crippen molar-refractivity contribution >= 4 is 23.5 Å². The Hall–Kier alpha value is -3.75. The van der Waals surface area contributed by atoms with Gasteiger partial charge in [-0.15, -0.1) is 10.2 Å². The second-order valence-corrected chi connectivity index (χ2v) is 7.21.